The molecular weight excluding hydrogens is 312 g/mol. The summed E-state index contributed by atoms with van der Waals surface area (Å²) in [5, 5.41) is 58.8. The monoisotopic (exact) mass is 338 g/mol. The summed E-state index contributed by atoms with van der Waals surface area (Å²) >= 11 is 0. The summed E-state index contributed by atoms with van der Waals surface area (Å²) in [6, 6.07) is 0. The van der Waals surface area contributed by atoms with Crippen molar-refractivity contribution in [3.8, 4) is 0 Å². The van der Waals surface area contributed by atoms with Crippen LogP contribution < -0.4 is 0 Å². The SMILES string of the molecule is CC1[C@@H](O)C(CO)O[C@@H](O[C@@H]2C(CO)O[C@@H](C)[C@@H](O)C2O)[C@H]1O. The third-order valence-corrected chi connectivity index (χ3v) is 4.62. The highest BCUT2D eigenvalue weighted by molar-refractivity contribution is 4.93. The average Bonchev–Trinajstić information content (AvgIpc) is 2.55. The van der Waals surface area contributed by atoms with E-state index in [1.54, 1.807) is 13.8 Å². The highest BCUT2D eigenvalue weighted by Crippen LogP contribution is 2.30. The quantitative estimate of drug-likeness (QED) is 0.314. The molecule has 0 bridgehead atoms. The summed E-state index contributed by atoms with van der Waals surface area (Å²) in [6.07, 6.45) is -9.77. The molecule has 23 heavy (non-hydrogen) atoms. The second-order valence-electron chi connectivity index (χ2n) is 6.21. The van der Waals surface area contributed by atoms with Gasteiger partial charge in [0.25, 0.3) is 0 Å². The Balaban J connectivity index is 2.11. The van der Waals surface area contributed by atoms with E-state index < -0.39 is 74.3 Å². The van der Waals surface area contributed by atoms with Crippen LogP contribution in [0, 0.1) is 5.92 Å². The normalized spacial score (nSPS) is 51.7. The first-order valence-electron chi connectivity index (χ1n) is 7.72. The van der Waals surface area contributed by atoms with Crippen LogP contribution in [0.5, 0.6) is 0 Å². The van der Waals surface area contributed by atoms with Gasteiger partial charge in [0.1, 0.15) is 36.6 Å². The fraction of sp³-hybridized carbons (Fsp3) is 1.00. The van der Waals surface area contributed by atoms with Gasteiger partial charge in [-0.25, -0.2) is 0 Å². The predicted octanol–water partition coefficient (Wildman–Crippen LogP) is -3.05. The maximum Gasteiger partial charge on any atom is 0.184 e. The maximum absolute atomic E-state index is 10.2. The van der Waals surface area contributed by atoms with E-state index in [1.165, 1.54) is 0 Å². The molecule has 6 N–H and O–H groups in total. The minimum absolute atomic E-state index is 0.455. The molecule has 2 saturated heterocycles. The zero-order valence-electron chi connectivity index (χ0n) is 13.1. The van der Waals surface area contributed by atoms with Crippen LogP contribution >= 0.6 is 0 Å². The van der Waals surface area contributed by atoms with Crippen molar-refractivity contribution in [3.05, 3.63) is 0 Å². The Morgan fingerprint density at radius 3 is 1.96 bits per heavy atom. The topological polar surface area (TPSA) is 149 Å². The molecule has 10 atom stereocenters. The molecule has 136 valence electrons. The fourth-order valence-corrected chi connectivity index (χ4v) is 2.98. The Bertz CT molecular complexity index is 377. The lowest BCUT2D eigenvalue weighted by atomic mass is 9.90. The molecule has 0 radical (unpaired) electrons. The standard InChI is InChI=1S/C14H26O9/c1-5-9(17)7(3-15)22-14(10(5)18)23-13-8(4-16)21-6(2)11(19)12(13)20/h5-20H,3-4H2,1-2H3/t5?,6-,7?,8?,9+,10-,11+,12?,13+,14-/m0/s1. The third-order valence-electron chi connectivity index (χ3n) is 4.62. The molecule has 9 nitrogen and oxygen atoms in total. The summed E-state index contributed by atoms with van der Waals surface area (Å²) < 4.78 is 16.3. The van der Waals surface area contributed by atoms with Gasteiger partial charge in [0, 0.05) is 5.92 Å². The first-order valence-corrected chi connectivity index (χ1v) is 7.72. The number of aliphatic hydroxyl groups is 6. The molecule has 9 heteroatoms. The van der Waals surface area contributed by atoms with Gasteiger partial charge in [-0.1, -0.05) is 6.92 Å². The zero-order chi connectivity index (χ0) is 17.3. The summed E-state index contributed by atoms with van der Waals surface area (Å²) in [6.45, 7) is 2.21. The summed E-state index contributed by atoms with van der Waals surface area (Å²) in [7, 11) is 0. The minimum atomic E-state index is -1.35. The van der Waals surface area contributed by atoms with Crippen LogP contribution in [-0.2, 0) is 14.2 Å². The van der Waals surface area contributed by atoms with Crippen molar-refractivity contribution < 1.29 is 44.8 Å². The molecule has 2 heterocycles. The van der Waals surface area contributed by atoms with Crippen molar-refractivity contribution in [1.82, 2.24) is 0 Å². The van der Waals surface area contributed by atoms with Gasteiger partial charge in [-0.2, -0.15) is 0 Å². The van der Waals surface area contributed by atoms with E-state index in [2.05, 4.69) is 0 Å². The first-order chi connectivity index (χ1) is 10.8. The molecule has 2 aliphatic rings. The van der Waals surface area contributed by atoms with E-state index in [1.807, 2.05) is 0 Å². The van der Waals surface area contributed by atoms with Crippen molar-refractivity contribution in [2.75, 3.05) is 13.2 Å². The maximum atomic E-state index is 10.2. The number of rotatable bonds is 4. The van der Waals surface area contributed by atoms with Crippen molar-refractivity contribution >= 4 is 0 Å². The van der Waals surface area contributed by atoms with E-state index in [-0.39, 0.29) is 0 Å². The largest absolute Gasteiger partial charge is 0.394 e. The Hall–Kier alpha value is -0.360. The molecule has 2 rings (SSSR count). The highest BCUT2D eigenvalue weighted by Gasteiger charge is 2.48. The summed E-state index contributed by atoms with van der Waals surface area (Å²) in [5.41, 5.74) is 0. The molecule has 0 aromatic heterocycles. The fourth-order valence-electron chi connectivity index (χ4n) is 2.98. The zero-order valence-corrected chi connectivity index (χ0v) is 13.1. The van der Waals surface area contributed by atoms with Gasteiger partial charge in [-0.3, -0.25) is 0 Å². The lowest BCUT2D eigenvalue weighted by Crippen LogP contribution is -2.62. The van der Waals surface area contributed by atoms with Gasteiger partial charge >= 0.3 is 0 Å². The molecule has 0 spiro atoms. The van der Waals surface area contributed by atoms with Crippen LogP contribution in [-0.4, -0.2) is 99.0 Å². The third kappa shape index (κ3) is 3.68. The summed E-state index contributed by atoms with van der Waals surface area (Å²) in [4.78, 5) is 0. The molecule has 2 aliphatic heterocycles. The van der Waals surface area contributed by atoms with Gasteiger partial charge in [0.05, 0.1) is 25.4 Å². The number of ether oxygens (including phenoxy) is 3. The van der Waals surface area contributed by atoms with Crippen molar-refractivity contribution in [2.45, 2.75) is 69.0 Å². The molecule has 0 aromatic carbocycles. The lowest BCUT2D eigenvalue weighted by Gasteiger charge is -2.46. The highest BCUT2D eigenvalue weighted by atomic mass is 16.7. The van der Waals surface area contributed by atoms with E-state index in [4.69, 9.17) is 14.2 Å². The van der Waals surface area contributed by atoms with Gasteiger partial charge in [0.15, 0.2) is 6.29 Å². The first kappa shape index (κ1) is 19.0. The molecule has 0 aromatic rings. The molecule has 2 fully saturated rings. The van der Waals surface area contributed by atoms with Crippen LogP contribution in [0.4, 0.5) is 0 Å². The van der Waals surface area contributed by atoms with Crippen LogP contribution in [0.25, 0.3) is 0 Å². The minimum Gasteiger partial charge on any atom is -0.394 e. The van der Waals surface area contributed by atoms with Crippen molar-refractivity contribution in [3.63, 3.8) is 0 Å². The van der Waals surface area contributed by atoms with Crippen LogP contribution in [0.3, 0.4) is 0 Å². The van der Waals surface area contributed by atoms with Crippen molar-refractivity contribution in [1.29, 1.82) is 0 Å². The van der Waals surface area contributed by atoms with Crippen molar-refractivity contribution in [2.24, 2.45) is 5.92 Å². The molecule has 4 unspecified atom stereocenters. The van der Waals surface area contributed by atoms with Gasteiger partial charge in [-0.15, -0.1) is 0 Å². The molecule has 0 aliphatic carbocycles. The van der Waals surface area contributed by atoms with Gasteiger partial charge < -0.3 is 44.8 Å². The average molecular weight is 338 g/mol. The number of hydrogen-bond acceptors (Lipinski definition) is 9. The van der Waals surface area contributed by atoms with Crippen LogP contribution in [0.2, 0.25) is 0 Å². The van der Waals surface area contributed by atoms with Crippen LogP contribution in [0.15, 0.2) is 0 Å². The lowest BCUT2D eigenvalue weighted by molar-refractivity contribution is -0.334. The van der Waals surface area contributed by atoms with Gasteiger partial charge in [-0.05, 0) is 6.92 Å². The smallest absolute Gasteiger partial charge is 0.184 e. The number of hydrogen-bond donors (Lipinski definition) is 6. The molecule has 0 saturated carbocycles. The Labute approximate surface area is 134 Å². The predicted molar refractivity (Wildman–Crippen MR) is 75.2 cm³/mol. The van der Waals surface area contributed by atoms with E-state index >= 15 is 0 Å². The van der Waals surface area contributed by atoms with E-state index in [0.717, 1.165) is 0 Å². The summed E-state index contributed by atoms with van der Waals surface area (Å²) in [5.74, 6) is -0.635. The van der Waals surface area contributed by atoms with E-state index in [0.29, 0.717) is 0 Å². The Kier molecular flexibility index (Phi) is 6.34. The van der Waals surface area contributed by atoms with Crippen LogP contribution in [0.1, 0.15) is 13.8 Å². The van der Waals surface area contributed by atoms with Gasteiger partial charge in [0.2, 0.25) is 0 Å². The Morgan fingerprint density at radius 2 is 1.39 bits per heavy atom. The number of aliphatic hydroxyl groups excluding tert-OH is 6. The van der Waals surface area contributed by atoms with E-state index in [9.17, 15) is 30.6 Å². The molecule has 0 amide bonds. The molecular formula is C14H26O9. The second kappa shape index (κ2) is 7.68. The Morgan fingerprint density at radius 1 is 0.783 bits per heavy atom. The second-order valence-corrected chi connectivity index (χ2v) is 6.21.